The molecule has 0 amide bonds. The van der Waals surface area contributed by atoms with E-state index < -0.39 is 10.0 Å². The monoisotopic (exact) mass is 353 g/mol. The van der Waals surface area contributed by atoms with Crippen LogP contribution in [0.15, 0.2) is 24.3 Å². The molecule has 23 heavy (non-hydrogen) atoms. The molecular formula is C16H23N3O2S2. The van der Waals surface area contributed by atoms with Crippen molar-refractivity contribution in [3.05, 3.63) is 24.3 Å². The number of hydrogen-bond donors (Lipinski definition) is 2. The summed E-state index contributed by atoms with van der Waals surface area (Å²) in [5, 5.41) is 4.53. The maximum absolute atomic E-state index is 11.5. The molecule has 1 aromatic heterocycles. The summed E-state index contributed by atoms with van der Waals surface area (Å²) in [5.41, 5.74) is 1.04. The normalized spacial score (nSPS) is 22.3. The lowest BCUT2D eigenvalue weighted by molar-refractivity contribution is 0.337. The zero-order chi connectivity index (χ0) is 16.3. The molecule has 1 aliphatic carbocycles. The van der Waals surface area contributed by atoms with Crippen molar-refractivity contribution in [2.75, 3.05) is 17.6 Å². The average molecular weight is 354 g/mol. The zero-order valence-corrected chi connectivity index (χ0v) is 14.9. The van der Waals surface area contributed by atoms with Crippen LogP contribution in [0.2, 0.25) is 0 Å². The first-order valence-electron chi connectivity index (χ1n) is 8.15. The summed E-state index contributed by atoms with van der Waals surface area (Å²) in [6.07, 6.45) is 4.23. The van der Waals surface area contributed by atoms with Crippen LogP contribution in [0, 0.1) is 5.92 Å². The number of thiazole rings is 1. The van der Waals surface area contributed by atoms with E-state index in [1.165, 1.54) is 4.70 Å². The second kappa shape index (κ2) is 7.15. The molecule has 0 atom stereocenters. The molecule has 1 fully saturated rings. The predicted octanol–water partition coefficient (Wildman–Crippen LogP) is 3.21. The van der Waals surface area contributed by atoms with Crippen molar-refractivity contribution in [3.8, 4) is 0 Å². The van der Waals surface area contributed by atoms with Gasteiger partial charge in [-0.15, -0.1) is 0 Å². The molecule has 1 heterocycles. The third-order valence-corrected chi connectivity index (χ3v) is 6.77. The van der Waals surface area contributed by atoms with Gasteiger partial charge < -0.3 is 5.32 Å². The average Bonchev–Trinajstić information content (AvgIpc) is 2.96. The predicted molar refractivity (Wildman–Crippen MR) is 96.5 cm³/mol. The third-order valence-electron chi connectivity index (χ3n) is 4.44. The highest BCUT2D eigenvalue weighted by Crippen LogP contribution is 2.30. The summed E-state index contributed by atoms with van der Waals surface area (Å²) in [6, 6.07) is 8.61. The fourth-order valence-electron chi connectivity index (χ4n) is 2.97. The molecule has 0 radical (unpaired) electrons. The highest BCUT2D eigenvalue weighted by atomic mass is 32.2. The Morgan fingerprint density at radius 1 is 1.22 bits per heavy atom. The Morgan fingerprint density at radius 3 is 2.65 bits per heavy atom. The summed E-state index contributed by atoms with van der Waals surface area (Å²) in [6.45, 7) is 2.24. The molecule has 7 heteroatoms. The quantitative estimate of drug-likeness (QED) is 0.836. The summed E-state index contributed by atoms with van der Waals surface area (Å²) < 4.78 is 26.9. The van der Waals surface area contributed by atoms with E-state index in [0.717, 1.165) is 36.3 Å². The van der Waals surface area contributed by atoms with Crippen molar-refractivity contribution in [2.45, 2.75) is 38.6 Å². The molecule has 0 unspecified atom stereocenters. The van der Waals surface area contributed by atoms with Gasteiger partial charge in [0.1, 0.15) is 0 Å². The molecule has 0 bridgehead atoms. The van der Waals surface area contributed by atoms with Gasteiger partial charge in [0.15, 0.2) is 5.13 Å². The number of benzene rings is 1. The summed E-state index contributed by atoms with van der Waals surface area (Å²) >= 11 is 1.69. The molecule has 0 aliphatic heterocycles. The van der Waals surface area contributed by atoms with Crippen molar-refractivity contribution in [2.24, 2.45) is 5.92 Å². The van der Waals surface area contributed by atoms with Gasteiger partial charge in [0, 0.05) is 12.6 Å². The number of hydrogen-bond acceptors (Lipinski definition) is 5. The number of anilines is 1. The smallest absolute Gasteiger partial charge is 0.211 e. The van der Waals surface area contributed by atoms with Crippen LogP contribution in [0.5, 0.6) is 0 Å². The van der Waals surface area contributed by atoms with E-state index >= 15 is 0 Å². The molecular weight excluding hydrogens is 330 g/mol. The molecule has 2 aromatic rings. The number of nitrogens with one attached hydrogen (secondary N) is 2. The van der Waals surface area contributed by atoms with Gasteiger partial charge in [0.2, 0.25) is 10.0 Å². The van der Waals surface area contributed by atoms with Crippen LogP contribution < -0.4 is 10.0 Å². The lowest BCUT2D eigenvalue weighted by atomic mass is 9.86. The van der Waals surface area contributed by atoms with Crippen molar-refractivity contribution < 1.29 is 8.42 Å². The maximum atomic E-state index is 11.5. The first-order chi connectivity index (χ1) is 11.1. The molecule has 2 N–H and O–H groups in total. The third kappa shape index (κ3) is 4.43. The van der Waals surface area contributed by atoms with Gasteiger partial charge in [-0.25, -0.2) is 18.1 Å². The molecule has 0 saturated heterocycles. The lowest BCUT2D eigenvalue weighted by Crippen LogP contribution is -2.34. The van der Waals surface area contributed by atoms with E-state index in [4.69, 9.17) is 0 Å². The number of para-hydroxylation sites is 1. The van der Waals surface area contributed by atoms with Crippen molar-refractivity contribution in [1.29, 1.82) is 0 Å². The Morgan fingerprint density at radius 2 is 1.96 bits per heavy atom. The van der Waals surface area contributed by atoms with Gasteiger partial charge >= 0.3 is 0 Å². The van der Waals surface area contributed by atoms with Crippen LogP contribution in [0.25, 0.3) is 10.2 Å². The van der Waals surface area contributed by atoms with E-state index in [-0.39, 0.29) is 5.75 Å². The van der Waals surface area contributed by atoms with Crippen molar-refractivity contribution in [3.63, 3.8) is 0 Å². The van der Waals surface area contributed by atoms with Gasteiger partial charge in [0.25, 0.3) is 0 Å². The standard InChI is InChI=1S/C16H23N3O2S2/c1-2-23(20,21)17-11-12-7-9-13(10-8-12)18-16-19-14-5-3-4-6-15(14)22-16/h3-6,12-13,17H,2,7-11H2,1H3,(H,18,19)/t12-,13-. The van der Waals surface area contributed by atoms with E-state index in [1.807, 2.05) is 18.2 Å². The van der Waals surface area contributed by atoms with Crippen LogP contribution in [-0.4, -0.2) is 31.7 Å². The SMILES string of the molecule is CCS(=O)(=O)NC[C@H]1CC[C@H](Nc2nc3ccccc3s2)CC1. The Balaban J connectivity index is 1.49. The molecule has 126 valence electrons. The fraction of sp³-hybridized carbons (Fsp3) is 0.562. The minimum absolute atomic E-state index is 0.154. The molecule has 1 saturated carbocycles. The number of sulfonamides is 1. The van der Waals surface area contributed by atoms with Gasteiger partial charge in [0.05, 0.1) is 16.0 Å². The van der Waals surface area contributed by atoms with Crippen molar-refractivity contribution in [1.82, 2.24) is 9.71 Å². The fourth-order valence-corrected chi connectivity index (χ4v) is 4.60. The van der Waals surface area contributed by atoms with E-state index in [2.05, 4.69) is 21.1 Å². The van der Waals surface area contributed by atoms with Gasteiger partial charge in [-0.2, -0.15) is 0 Å². The Hall–Kier alpha value is -1.18. The summed E-state index contributed by atoms with van der Waals surface area (Å²) in [7, 11) is -3.07. The largest absolute Gasteiger partial charge is 0.359 e. The number of fused-ring (bicyclic) bond motifs is 1. The molecule has 1 aromatic carbocycles. The maximum Gasteiger partial charge on any atom is 0.211 e. The lowest BCUT2D eigenvalue weighted by Gasteiger charge is -2.29. The highest BCUT2D eigenvalue weighted by molar-refractivity contribution is 7.89. The first kappa shape index (κ1) is 16.7. The highest BCUT2D eigenvalue weighted by Gasteiger charge is 2.22. The second-order valence-corrected chi connectivity index (χ2v) is 9.23. The van der Waals surface area contributed by atoms with Crippen LogP contribution >= 0.6 is 11.3 Å². The number of aromatic nitrogens is 1. The Kier molecular flexibility index (Phi) is 5.18. The summed E-state index contributed by atoms with van der Waals surface area (Å²) in [4.78, 5) is 4.62. The van der Waals surface area contributed by atoms with Gasteiger partial charge in [-0.3, -0.25) is 0 Å². The van der Waals surface area contributed by atoms with Crippen LogP contribution in [-0.2, 0) is 10.0 Å². The molecule has 5 nitrogen and oxygen atoms in total. The van der Waals surface area contributed by atoms with Gasteiger partial charge in [-0.1, -0.05) is 23.5 Å². The van der Waals surface area contributed by atoms with Crippen LogP contribution in [0.1, 0.15) is 32.6 Å². The zero-order valence-electron chi connectivity index (χ0n) is 13.3. The molecule has 0 spiro atoms. The first-order valence-corrected chi connectivity index (χ1v) is 10.6. The van der Waals surface area contributed by atoms with Crippen LogP contribution in [0.3, 0.4) is 0 Å². The Bertz CT molecular complexity index is 717. The minimum Gasteiger partial charge on any atom is -0.359 e. The number of nitrogens with zero attached hydrogens (tertiary/aromatic N) is 1. The molecule has 1 aliphatic rings. The second-order valence-electron chi connectivity index (χ2n) is 6.10. The topological polar surface area (TPSA) is 71.1 Å². The van der Waals surface area contributed by atoms with E-state index in [9.17, 15) is 8.42 Å². The van der Waals surface area contributed by atoms with Crippen molar-refractivity contribution >= 4 is 36.7 Å². The van der Waals surface area contributed by atoms with E-state index in [1.54, 1.807) is 18.3 Å². The number of rotatable bonds is 6. The van der Waals surface area contributed by atoms with Gasteiger partial charge in [-0.05, 0) is 50.7 Å². The van der Waals surface area contributed by atoms with E-state index in [0.29, 0.717) is 18.5 Å². The van der Waals surface area contributed by atoms with Crippen LogP contribution in [0.4, 0.5) is 5.13 Å². The molecule has 3 rings (SSSR count). The minimum atomic E-state index is -3.07. The summed E-state index contributed by atoms with van der Waals surface area (Å²) in [5.74, 6) is 0.603. The Labute approximate surface area is 141 Å².